The number of nitrogens with zero attached hydrogens (tertiary/aromatic N) is 1. The molecule has 0 aromatic heterocycles. The first-order chi connectivity index (χ1) is 12.3. The smallest absolute Gasteiger partial charge is 0.257 e. The first-order valence-electron chi connectivity index (χ1n) is 7.58. The van der Waals surface area contributed by atoms with E-state index in [1.807, 2.05) is 0 Å². The maximum absolute atomic E-state index is 12.6. The average Bonchev–Trinajstić information content (AvgIpc) is 2.64. The number of carbonyl (C=O) groups is 1. The van der Waals surface area contributed by atoms with Gasteiger partial charge in [-0.25, -0.2) is 0 Å². The molecule has 0 aliphatic rings. The van der Waals surface area contributed by atoms with E-state index in [0.29, 0.717) is 17.2 Å². The van der Waals surface area contributed by atoms with Gasteiger partial charge in [-0.05, 0) is 29.8 Å². The van der Waals surface area contributed by atoms with Gasteiger partial charge in [0.25, 0.3) is 5.91 Å². The zero-order valence-electron chi connectivity index (χ0n) is 14.9. The molecule has 2 rings (SSSR count). The fraction of sp³-hybridized carbons (Fsp3) is 0.278. The predicted molar refractivity (Wildman–Crippen MR) is 96.7 cm³/mol. The summed E-state index contributed by atoms with van der Waals surface area (Å²) in [6, 6.07) is 6.02. The van der Waals surface area contributed by atoms with Gasteiger partial charge in [0.1, 0.15) is 10.8 Å². The van der Waals surface area contributed by atoms with Crippen LogP contribution in [-0.2, 0) is 6.54 Å². The third kappa shape index (κ3) is 3.72. The van der Waals surface area contributed by atoms with Crippen molar-refractivity contribution in [1.29, 1.82) is 0 Å². The molecule has 26 heavy (non-hydrogen) atoms. The number of methoxy groups -OCH3 is 3. The van der Waals surface area contributed by atoms with Crippen LogP contribution in [0.15, 0.2) is 24.3 Å². The summed E-state index contributed by atoms with van der Waals surface area (Å²) in [6.07, 6.45) is 0. The first-order valence-corrected chi connectivity index (χ1v) is 7.96. The lowest BCUT2D eigenvalue weighted by Gasteiger charge is -2.20. The maximum Gasteiger partial charge on any atom is 0.257 e. The van der Waals surface area contributed by atoms with Gasteiger partial charge in [-0.2, -0.15) is 0 Å². The normalized spacial score (nSPS) is 10.3. The third-order valence-corrected chi connectivity index (χ3v) is 4.19. The van der Waals surface area contributed by atoms with Crippen molar-refractivity contribution in [2.45, 2.75) is 6.54 Å². The Balaban J connectivity index is 2.31. The molecule has 0 aliphatic carbocycles. The number of aromatic hydroxyl groups is 2. The van der Waals surface area contributed by atoms with Gasteiger partial charge in [0.2, 0.25) is 5.75 Å². The van der Waals surface area contributed by atoms with E-state index >= 15 is 0 Å². The Hall–Kier alpha value is -2.80. The molecule has 140 valence electrons. The molecule has 0 spiro atoms. The molecular formula is C18H20ClNO6. The number of phenolic OH excluding ortho intramolecular Hbond substituents is 2. The molecule has 0 bridgehead atoms. The van der Waals surface area contributed by atoms with Gasteiger partial charge in [-0.3, -0.25) is 4.79 Å². The van der Waals surface area contributed by atoms with Crippen molar-refractivity contribution in [2.75, 3.05) is 28.4 Å². The van der Waals surface area contributed by atoms with Crippen LogP contribution in [-0.4, -0.2) is 49.4 Å². The number of hydrogen-bond donors (Lipinski definition) is 2. The summed E-state index contributed by atoms with van der Waals surface area (Å²) in [5.41, 5.74) is 0.724. The van der Waals surface area contributed by atoms with Gasteiger partial charge in [0.05, 0.1) is 26.9 Å². The Labute approximate surface area is 156 Å². The van der Waals surface area contributed by atoms with E-state index in [-0.39, 0.29) is 22.9 Å². The monoisotopic (exact) mass is 381 g/mol. The molecule has 8 heteroatoms. The molecule has 2 aromatic carbocycles. The summed E-state index contributed by atoms with van der Waals surface area (Å²) in [7, 11) is 6.09. The zero-order valence-corrected chi connectivity index (χ0v) is 15.6. The van der Waals surface area contributed by atoms with Crippen molar-refractivity contribution < 1.29 is 29.2 Å². The van der Waals surface area contributed by atoms with Crippen LogP contribution in [0.25, 0.3) is 0 Å². The van der Waals surface area contributed by atoms with Crippen molar-refractivity contribution in [2.24, 2.45) is 0 Å². The van der Waals surface area contributed by atoms with E-state index < -0.39 is 11.7 Å². The average molecular weight is 382 g/mol. The topological polar surface area (TPSA) is 88.5 Å². The molecule has 0 atom stereocenters. The Bertz CT molecular complexity index is 799. The molecule has 0 saturated carbocycles. The third-order valence-electron chi connectivity index (χ3n) is 3.82. The Morgan fingerprint density at radius 3 is 2.15 bits per heavy atom. The lowest BCUT2D eigenvalue weighted by molar-refractivity contribution is 0.0782. The lowest BCUT2D eigenvalue weighted by atomic mass is 10.1. The van der Waals surface area contributed by atoms with Crippen LogP contribution in [0.1, 0.15) is 15.9 Å². The van der Waals surface area contributed by atoms with Crippen LogP contribution in [0, 0.1) is 0 Å². The molecule has 0 unspecified atom stereocenters. The van der Waals surface area contributed by atoms with E-state index in [4.69, 9.17) is 25.8 Å². The summed E-state index contributed by atoms with van der Waals surface area (Å²) >= 11 is 5.79. The number of halogens is 1. The molecular weight excluding hydrogens is 362 g/mol. The van der Waals surface area contributed by atoms with Crippen molar-refractivity contribution >= 4 is 17.5 Å². The van der Waals surface area contributed by atoms with E-state index in [1.165, 1.54) is 38.4 Å². The minimum atomic E-state index is -0.464. The number of amides is 1. The number of rotatable bonds is 6. The number of hydrogen-bond acceptors (Lipinski definition) is 6. The predicted octanol–water partition coefficient (Wildman–Crippen LogP) is 3.05. The SMILES string of the molecule is COc1cc(CN(C)C(=O)c2ccc(O)c(Cl)c2O)cc(OC)c1OC. The Morgan fingerprint density at radius 1 is 1.08 bits per heavy atom. The number of phenols is 2. The standard InChI is InChI=1S/C18H20ClNO6/c1-20(18(23)11-5-6-12(21)15(19)16(11)22)9-10-7-13(24-2)17(26-4)14(8-10)25-3/h5-8,21-22H,9H2,1-4H3. The summed E-state index contributed by atoms with van der Waals surface area (Å²) in [6.45, 7) is 0.216. The van der Waals surface area contributed by atoms with Gasteiger partial charge in [-0.1, -0.05) is 11.6 Å². The molecule has 0 radical (unpaired) electrons. The number of ether oxygens (including phenoxy) is 3. The summed E-state index contributed by atoms with van der Waals surface area (Å²) in [4.78, 5) is 14.0. The molecule has 0 saturated heterocycles. The van der Waals surface area contributed by atoms with Crippen LogP contribution in [0.3, 0.4) is 0 Å². The fourth-order valence-corrected chi connectivity index (χ4v) is 2.67. The van der Waals surface area contributed by atoms with Gasteiger partial charge in [-0.15, -0.1) is 0 Å². The van der Waals surface area contributed by atoms with Crippen LogP contribution in [0.4, 0.5) is 0 Å². The highest BCUT2D eigenvalue weighted by Gasteiger charge is 2.21. The van der Waals surface area contributed by atoms with Crippen molar-refractivity contribution in [3.8, 4) is 28.7 Å². The second kappa shape index (κ2) is 8.05. The van der Waals surface area contributed by atoms with Crippen LogP contribution >= 0.6 is 11.6 Å². The van der Waals surface area contributed by atoms with Crippen LogP contribution in [0.5, 0.6) is 28.7 Å². The molecule has 0 aliphatic heterocycles. The highest BCUT2D eigenvalue weighted by atomic mass is 35.5. The van der Waals surface area contributed by atoms with Crippen LogP contribution < -0.4 is 14.2 Å². The molecule has 0 fully saturated rings. The molecule has 7 nitrogen and oxygen atoms in total. The van der Waals surface area contributed by atoms with Crippen molar-refractivity contribution in [1.82, 2.24) is 4.90 Å². The Kier molecular flexibility index (Phi) is 6.05. The maximum atomic E-state index is 12.6. The van der Waals surface area contributed by atoms with E-state index in [0.717, 1.165) is 5.56 Å². The summed E-state index contributed by atoms with van der Waals surface area (Å²) in [5, 5.41) is 19.2. The molecule has 2 N–H and O–H groups in total. The highest BCUT2D eigenvalue weighted by Crippen LogP contribution is 2.39. The molecule has 0 heterocycles. The van der Waals surface area contributed by atoms with Gasteiger partial charge in [0, 0.05) is 13.6 Å². The lowest BCUT2D eigenvalue weighted by Crippen LogP contribution is -2.26. The first kappa shape index (κ1) is 19.5. The largest absolute Gasteiger partial charge is 0.506 e. The fourth-order valence-electron chi connectivity index (χ4n) is 2.50. The number of carbonyl (C=O) groups excluding carboxylic acids is 1. The van der Waals surface area contributed by atoms with Gasteiger partial charge < -0.3 is 29.3 Å². The minimum absolute atomic E-state index is 0.0114. The quantitative estimate of drug-likeness (QED) is 0.799. The second-order valence-electron chi connectivity index (χ2n) is 5.49. The second-order valence-corrected chi connectivity index (χ2v) is 5.87. The van der Waals surface area contributed by atoms with E-state index in [9.17, 15) is 15.0 Å². The van der Waals surface area contributed by atoms with Gasteiger partial charge >= 0.3 is 0 Å². The summed E-state index contributed by atoms with van der Waals surface area (Å²) in [5.74, 6) is 0.173. The van der Waals surface area contributed by atoms with Gasteiger partial charge in [0.15, 0.2) is 17.2 Å². The number of benzene rings is 2. The van der Waals surface area contributed by atoms with Crippen molar-refractivity contribution in [3.63, 3.8) is 0 Å². The minimum Gasteiger partial charge on any atom is -0.506 e. The van der Waals surface area contributed by atoms with E-state index in [2.05, 4.69) is 0 Å². The highest BCUT2D eigenvalue weighted by molar-refractivity contribution is 6.34. The zero-order chi connectivity index (χ0) is 19.4. The molecule has 1 amide bonds. The van der Waals surface area contributed by atoms with Crippen molar-refractivity contribution in [3.05, 3.63) is 40.4 Å². The molecule has 2 aromatic rings. The summed E-state index contributed by atoms with van der Waals surface area (Å²) < 4.78 is 15.9. The van der Waals surface area contributed by atoms with E-state index in [1.54, 1.807) is 19.2 Å². The Morgan fingerprint density at radius 2 is 1.65 bits per heavy atom. The van der Waals surface area contributed by atoms with Crippen LogP contribution in [0.2, 0.25) is 5.02 Å².